The molecule has 0 spiro atoms. The summed E-state index contributed by atoms with van der Waals surface area (Å²) >= 11 is 0. The number of hydrogen-bond donors (Lipinski definition) is 2. The normalized spacial score (nSPS) is 14.2. The van der Waals surface area contributed by atoms with Crippen molar-refractivity contribution in [3.63, 3.8) is 0 Å². The van der Waals surface area contributed by atoms with Crippen LogP contribution in [0.25, 0.3) is 0 Å². The van der Waals surface area contributed by atoms with Gasteiger partial charge in [0.25, 0.3) is 0 Å². The Morgan fingerprint density at radius 2 is 2.00 bits per heavy atom. The third-order valence-electron chi connectivity index (χ3n) is 1.85. The molecule has 0 saturated carbocycles. The molecule has 0 aliphatic rings. The fourth-order valence-corrected chi connectivity index (χ4v) is 1.37. The van der Waals surface area contributed by atoms with Gasteiger partial charge in [-0.25, -0.2) is 0 Å². The van der Waals surface area contributed by atoms with Crippen molar-refractivity contribution >= 4 is 10.4 Å². The quantitative estimate of drug-likeness (QED) is 0.373. The Labute approximate surface area is 85.7 Å². The molecule has 0 aromatic rings. The summed E-state index contributed by atoms with van der Waals surface area (Å²) in [6.07, 6.45) is 5.34. The average molecular weight is 225 g/mol. The van der Waals surface area contributed by atoms with E-state index in [0.29, 0.717) is 0 Å². The predicted molar refractivity (Wildman–Crippen MR) is 54.0 cm³/mol. The van der Waals surface area contributed by atoms with Crippen molar-refractivity contribution in [2.75, 3.05) is 0 Å². The topological polar surface area (TPSA) is 75.6 Å². The molecule has 0 rings (SSSR count). The highest BCUT2D eigenvalue weighted by Crippen LogP contribution is 2.05. The van der Waals surface area contributed by atoms with Crippen LogP contribution in [-0.4, -0.2) is 19.0 Å². The lowest BCUT2D eigenvalue weighted by Crippen LogP contribution is -2.28. The molecule has 0 aliphatic carbocycles. The van der Waals surface area contributed by atoms with Gasteiger partial charge in [0.1, 0.15) is 0 Å². The summed E-state index contributed by atoms with van der Waals surface area (Å²) in [5.41, 5.74) is 2.26. The monoisotopic (exact) mass is 225 g/mol. The van der Waals surface area contributed by atoms with Gasteiger partial charge in [0.15, 0.2) is 0 Å². The van der Waals surface area contributed by atoms with Gasteiger partial charge in [0.2, 0.25) is 0 Å². The first-order valence-electron chi connectivity index (χ1n) is 4.87. The number of nitrogens with one attached hydrogen (secondary N) is 1. The van der Waals surface area contributed by atoms with Crippen LogP contribution in [0, 0.1) is 0 Å². The zero-order chi connectivity index (χ0) is 11.0. The van der Waals surface area contributed by atoms with Gasteiger partial charge < -0.3 is 0 Å². The molecule has 6 heteroatoms. The second-order valence-corrected chi connectivity index (χ2v) is 4.40. The summed E-state index contributed by atoms with van der Waals surface area (Å²) in [6, 6.07) is -0.0752. The second kappa shape index (κ2) is 7.17. The maximum atomic E-state index is 10.2. The van der Waals surface area contributed by atoms with Gasteiger partial charge in [-0.3, -0.25) is 4.55 Å². The van der Waals surface area contributed by atoms with Crippen LogP contribution in [0.4, 0.5) is 0 Å². The lowest BCUT2D eigenvalue weighted by atomic mass is 10.1. The molecule has 5 nitrogen and oxygen atoms in total. The first-order chi connectivity index (χ1) is 6.45. The minimum atomic E-state index is -4.37. The molecule has 0 amide bonds. The summed E-state index contributed by atoms with van der Waals surface area (Å²) in [5, 5.41) is 0. The summed E-state index contributed by atoms with van der Waals surface area (Å²) in [6.45, 7) is 3.93. The third kappa shape index (κ3) is 9.91. The Kier molecular flexibility index (Phi) is 7.08. The zero-order valence-corrected chi connectivity index (χ0v) is 9.51. The largest absolute Gasteiger partial charge is 0.413 e. The van der Waals surface area contributed by atoms with Crippen LogP contribution < -0.4 is 5.48 Å². The average Bonchev–Trinajstić information content (AvgIpc) is 2.08. The molecule has 14 heavy (non-hydrogen) atoms. The Morgan fingerprint density at radius 3 is 2.50 bits per heavy atom. The van der Waals surface area contributed by atoms with Crippen molar-refractivity contribution in [2.45, 2.75) is 52.0 Å². The molecular formula is C8H19NO4S. The van der Waals surface area contributed by atoms with Crippen LogP contribution in [0.2, 0.25) is 0 Å². The van der Waals surface area contributed by atoms with Crippen LogP contribution in [0.5, 0.6) is 0 Å². The van der Waals surface area contributed by atoms with Crippen molar-refractivity contribution < 1.29 is 17.3 Å². The Balaban J connectivity index is 3.42. The van der Waals surface area contributed by atoms with E-state index in [9.17, 15) is 8.42 Å². The van der Waals surface area contributed by atoms with Gasteiger partial charge in [-0.2, -0.15) is 18.2 Å². The fourth-order valence-electron chi connectivity index (χ4n) is 1.08. The molecule has 86 valence electrons. The van der Waals surface area contributed by atoms with Gasteiger partial charge >= 0.3 is 10.4 Å². The molecule has 0 aromatic carbocycles. The number of rotatable bonds is 8. The van der Waals surface area contributed by atoms with E-state index in [4.69, 9.17) is 4.55 Å². The van der Waals surface area contributed by atoms with Crippen molar-refractivity contribution in [3.8, 4) is 0 Å². The van der Waals surface area contributed by atoms with E-state index in [-0.39, 0.29) is 6.04 Å². The Hall–Kier alpha value is -0.170. The molecule has 1 atom stereocenters. The van der Waals surface area contributed by atoms with E-state index in [1.807, 2.05) is 0 Å². The SMILES string of the molecule is CCCCCCC(C)NOS(=O)(=O)O. The van der Waals surface area contributed by atoms with Gasteiger partial charge in [-0.15, -0.1) is 0 Å². The van der Waals surface area contributed by atoms with E-state index in [2.05, 4.69) is 16.7 Å². The van der Waals surface area contributed by atoms with E-state index >= 15 is 0 Å². The highest BCUT2D eigenvalue weighted by Gasteiger charge is 2.07. The molecule has 1 unspecified atom stereocenters. The lowest BCUT2D eigenvalue weighted by molar-refractivity contribution is 0.141. The highest BCUT2D eigenvalue weighted by molar-refractivity contribution is 7.80. The first kappa shape index (κ1) is 13.8. The molecular weight excluding hydrogens is 206 g/mol. The van der Waals surface area contributed by atoms with Gasteiger partial charge in [0, 0.05) is 6.04 Å². The minimum absolute atomic E-state index is 0.0752. The van der Waals surface area contributed by atoms with E-state index < -0.39 is 10.4 Å². The maximum Gasteiger partial charge on any atom is 0.413 e. The highest BCUT2D eigenvalue weighted by atomic mass is 32.3. The van der Waals surface area contributed by atoms with Crippen molar-refractivity contribution in [1.29, 1.82) is 0 Å². The van der Waals surface area contributed by atoms with E-state index in [1.165, 1.54) is 12.8 Å². The van der Waals surface area contributed by atoms with Crippen LogP contribution in [0.3, 0.4) is 0 Å². The van der Waals surface area contributed by atoms with Gasteiger partial charge in [0.05, 0.1) is 0 Å². The molecule has 0 radical (unpaired) electrons. The summed E-state index contributed by atoms with van der Waals surface area (Å²) in [5.74, 6) is 0. The zero-order valence-electron chi connectivity index (χ0n) is 8.69. The van der Waals surface area contributed by atoms with Crippen molar-refractivity contribution in [1.82, 2.24) is 5.48 Å². The number of hydroxylamine groups is 1. The van der Waals surface area contributed by atoms with E-state index in [0.717, 1.165) is 19.3 Å². The van der Waals surface area contributed by atoms with Crippen LogP contribution in [0.15, 0.2) is 0 Å². The van der Waals surface area contributed by atoms with Crippen LogP contribution in [0.1, 0.15) is 46.0 Å². The maximum absolute atomic E-state index is 10.2. The van der Waals surface area contributed by atoms with Crippen molar-refractivity contribution in [2.24, 2.45) is 0 Å². The molecule has 0 aromatic heterocycles. The predicted octanol–water partition coefficient (Wildman–Crippen LogP) is 1.67. The molecule has 2 N–H and O–H groups in total. The van der Waals surface area contributed by atoms with E-state index in [1.54, 1.807) is 6.92 Å². The van der Waals surface area contributed by atoms with Crippen LogP contribution in [-0.2, 0) is 14.7 Å². The standard InChI is InChI=1S/C8H19NO4S/c1-3-4-5-6-7-8(2)9-13-14(10,11)12/h8-9H,3-7H2,1-2H3,(H,10,11,12). The molecule has 0 aliphatic heterocycles. The van der Waals surface area contributed by atoms with Gasteiger partial charge in [-0.05, 0) is 13.3 Å². The van der Waals surface area contributed by atoms with Gasteiger partial charge in [-0.1, -0.05) is 32.6 Å². The smallest absolute Gasteiger partial charge is 0.262 e. The summed E-state index contributed by atoms with van der Waals surface area (Å²) in [4.78, 5) is 0. The Bertz CT molecular complexity index is 227. The number of hydrogen-bond acceptors (Lipinski definition) is 4. The lowest BCUT2D eigenvalue weighted by Gasteiger charge is -2.10. The molecule has 0 heterocycles. The second-order valence-electron chi connectivity index (χ2n) is 3.38. The van der Waals surface area contributed by atoms with Crippen LogP contribution >= 0.6 is 0 Å². The van der Waals surface area contributed by atoms with Crippen molar-refractivity contribution in [3.05, 3.63) is 0 Å². The molecule has 0 fully saturated rings. The minimum Gasteiger partial charge on any atom is -0.262 e. The molecule has 0 saturated heterocycles. The first-order valence-corrected chi connectivity index (χ1v) is 6.23. The summed E-state index contributed by atoms with van der Waals surface area (Å²) < 4.78 is 32.7. The third-order valence-corrected chi connectivity index (χ3v) is 2.15. The Morgan fingerprint density at radius 1 is 1.36 bits per heavy atom. The fraction of sp³-hybridized carbons (Fsp3) is 1.00. The molecule has 0 bridgehead atoms. The summed E-state index contributed by atoms with van der Waals surface area (Å²) in [7, 11) is -4.37. The number of unbranched alkanes of at least 4 members (excludes halogenated alkanes) is 3.